The van der Waals surface area contributed by atoms with Gasteiger partial charge in [0.1, 0.15) is 17.2 Å². The SMILES string of the molecule is COc1ccc(-c2ccc(C(=O)Oc3c(-c4c(-c5ccccc5)cc5ccc6ccccc6c5c4O)c(-c4ccccc4)cc4ccc5ccccc5c34)cc2)cc1. The fourth-order valence-corrected chi connectivity index (χ4v) is 8.32. The van der Waals surface area contributed by atoms with Crippen molar-refractivity contribution < 1.29 is 19.4 Å². The number of esters is 1. The van der Waals surface area contributed by atoms with Crippen LogP contribution < -0.4 is 9.47 Å². The molecule has 0 bridgehead atoms. The molecule has 4 heteroatoms. The number of aromatic hydroxyl groups is 1. The van der Waals surface area contributed by atoms with E-state index in [2.05, 4.69) is 78.9 Å². The third-order valence-electron chi connectivity index (χ3n) is 11.1. The average Bonchev–Trinajstić information content (AvgIpc) is 3.29. The maximum absolute atomic E-state index is 14.7. The Morgan fingerprint density at radius 3 is 1.48 bits per heavy atom. The van der Waals surface area contributed by atoms with Gasteiger partial charge in [-0.05, 0) is 102 Å². The minimum Gasteiger partial charge on any atom is -0.507 e. The van der Waals surface area contributed by atoms with Crippen LogP contribution in [0.4, 0.5) is 0 Å². The van der Waals surface area contributed by atoms with Crippen molar-refractivity contribution in [2.75, 3.05) is 7.11 Å². The first-order valence-corrected chi connectivity index (χ1v) is 19.3. The topological polar surface area (TPSA) is 55.8 Å². The van der Waals surface area contributed by atoms with Gasteiger partial charge in [-0.2, -0.15) is 0 Å². The van der Waals surface area contributed by atoms with E-state index < -0.39 is 5.97 Å². The van der Waals surface area contributed by atoms with Gasteiger partial charge in [0.2, 0.25) is 0 Å². The molecule has 0 saturated carbocycles. The van der Waals surface area contributed by atoms with Crippen molar-refractivity contribution in [2.45, 2.75) is 0 Å². The Kier molecular flexibility index (Phi) is 8.65. The van der Waals surface area contributed by atoms with Gasteiger partial charge in [0.15, 0.2) is 0 Å². The van der Waals surface area contributed by atoms with Crippen molar-refractivity contribution in [3.8, 4) is 61.8 Å². The Balaban J connectivity index is 1.29. The third kappa shape index (κ3) is 5.99. The van der Waals surface area contributed by atoms with Gasteiger partial charge in [-0.25, -0.2) is 4.79 Å². The van der Waals surface area contributed by atoms with Crippen molar-refractivity contribution in [1.82, 2.24) is 0 Å². The Bertz CT molecular complexity index is 3170. The number of ether oxygens (including phenoxy) is 2. The molecule has 10 aromatic rings. The fourth-order valence-electron chi connectivity index (χ4n) is 8.32. The third-order valence-corrected chi connectivity index (χ3v) is 11.1. The first-order chi connectivity index (χ1) is 28.6. The Hall–Kier alpha value is -7.69. The van der Waals surface area contributed by atoms with Crippen LogP contribution in [-0.4, -0.2) is 18.2 Å². The summed E-state index contributed by atoms with van der Waals surface area (Å²) in [6.07, 6.45) is 0. The molecule has 0 unspecified atom stereocenters. The zero-order valence-corrected chi connectivity index (χ0v) is 31.6. The van der Waals surface area contributed by atoms with Gasteiger partial charge < -0.3 is 14.6 Å². The van der Waals surface area contributed by atoms with Crippen LogP contribution in [0, 0.1) is 0 Å². The maximum atomic E-state index is 14.7. The van der Waals surface area contributed by atoms with Crippen LogP contribution in [0.1, 0.15) is 10.4 Å². The second-order valence-electron chi connectivity index (χ2n) is 14.5. The highest BCUT2D eigenvalue weighted by atomic mass is 16.5. The highest BCUT2D eigenvalue weighted by Gasteiger charge is 2.28. The number of methoxy groups -OCH3 is 1. The van der Waals surface area contributed by atoms with Crippen molar-refractivity contribution in [2.24, 2.45) is 0 Å². The summed E-state index contributed by atoms with van der Waals surface area (Å²) in [6, 6.07) is 64.4. The van der Waals surface area contributed by atoms with Crippen LogP contribution >= 0.6 is 0 Å². The van der Waals surface area contributed by atoms with E-state index in [0.717, 1.165) is 82.2 Å². The number of benzene rings is 10. The number of hydrogen-bond acceptors (Lipinski definition) is 4. The molecule has 0 aliphatic carbocycles. The molecule has 1 N–H and O–H groups in total. The number of fused-ring (bicyclic) bond motifs is 6. The minimum absolute atomic E-state index is 0.117. The van der Waals surface area contributed by atoms with E-state index >= 15 is 0 Å². The smallest absolute Gasteiger partial charge is 0.343 e. The van der Waals surface area contributed by atoms with Crippen LogP contribution in [0.5, 0.6) is 17.2 Å². The molecule has 0 aromatic heterocycles. The Labute approximate surface area is 335 Å². The molecule has 0 heterocycles. The number of hydrogen-bond donors (Lipinski definition) is 1. The van der Waals surface area contributed by atoms with Gasteiger partial charge in [0, 0.05) is 21.9 Å². The monoisotopic (exact) mass is 748 g/mol. The van der Waals surface area contributed by atoms with E-state index in [4.69, 9.17) is 9.47 Å². The number of carbonyl (C=O) groups is 1. The zero-order chi connectivity index (χ0) is 39.2. The molecule has 0 fully saturated rings. The fraction of sp³-hybridized carbons (Fsp3) is 0.0185. The first kappa shape index (κ1) is 34.8. The molecule has 0 amide bonds. The minimum atomic E-state index is -0.506. The molecule has 10 rings (SSSR count). The molecule has 0 aliphatic heterocycles. The van der Waals surface area contributed by atoms with Gasteiger partial charge in [0.25, 0.3) is 0 Å². The molecular weight excluding hydrogens is 713 g/mol. The average molecular weight is 749 g/mol. The van der Waals surface area contributed by atoms with Crippen molar-refractivity contribution in [3.63, 3.8) is 0 Å². The van der Waals surface area contributed by atoms with Gasteiger partial charge in [-0.3, -0.25) is 0 Å². The van der Waals surface area contributed by atoms with E-state index in [-0.39, 0.29) is 5.75 Å². The van der Waals surface area contributed by atoms with Crippen molar-refractivity contribution >= 4 is 49.1 Å². The predicted octanol–water partition coefficient (Wildman–Crippen LogP) is 13.9. The Morgan fingerprint density at radius 2 is 0.914 bits per heavy atom. The van der Waals surface area contributed by atoms with Gasteiger partial charge in [-0.1, -0.05) is 158 Å². The zero-order valence-electron chi connectivity index (χ0n) is 31.6. The lowest BCUT2D eigenvalue weighted by molar-refractivity contribution is 0.0738. The number of phenols is 1. The Morgan fingerprint density at radius 1 is 0.448 bits per heavy atom. The molecule has 0 aliphatic rings. The summed E-state index contributed by atoms with van der Waals surface area (Å²) in [5.41, 5.74) is 7.07. The van der Waals surface area contributed by atoms with Crippen LogP contribution in [-0.2, 0) is 0 Å². The van der Waals surface area contributed by atoms with Gasteiger partial charge in [-0.15, -0.1) is 0 Å². The highest BCUT2D eigenvalue weighted by Crippen LogP contribution is 2.54. The second kappa shape index (κ2) is 14.4. The number of carbonyl (C=O) groups excluding carboxylic acids is 1. The van der Waals surface area contributed by atoms with E-state index in [0.29, 0.717) is 22.4 Å². The molecule has 58 heavy (non-hydrogen) atoms. The summed E-state index contributed by atoms with van der Waals surface area (Å²) in [5, 5.41) is 20.2. The number of rotatable bonds is 7. The summed E-state index contributed by atoms with van der Waals surface area (Å²) in [7, 11) is 1.65. The normalized spacial score (nSPS) is 11.3. The summed E-state index contributed by atoms with van der Waals surface area (Å²) < 4.78 is 12.2. The summed E-state index contributed by atoms with van der Waals surface area (Å²) in [4.78, 5) is 14.7. The lowest BCUT2D eigenvalue weighted by Crippen LogP contribution is -2.10. The molecule has 0 atom stereocenters. The van der Waals surface area contributed by atoms with Gasteiger partial charge >= 0.3 is 5.97 Å². The predicted molar refractivity (Wildman–Crippen MR) is 238 cm³/mol. The van der Waals surface area contributed by atoms with Crippen LogP contribution in [0.2, 0.25) is 0 Å². The molecule has 0 saturated heterocycles. The van der Waals surface area contributed by atoms with Gasteiger partial charge in [0.05, 0.1) is 12.7 Å². The largest absolute Gasteiger partial charge is 0.507 e. The summed E-state index contributed by atoms with van der Waals surface area (Å²) >= 11 is 0. The van der Waals surface area contributed by atoms with E-state index in [1.807, 2.05) is 103 Å². The number of phenolic OH excluding ortho intramolecular Hbond substituents is 1. The van der Waals surface area contributed by atoms with Crippen LogP contribution in [0.15, 0.2) is 194 Å². The van der Waals surface area contributed by atoms with Crippen molar-refractivity contribution in [1.29, 1.82) is 0 Å². The van der Waals surface area contributed by atoms with E-state index in [1.165, 1.54) is 0 Å². The summed E-state index contributed by atoms with van der Waals surface area (Å²) in [6.45, 7) is 0. The van der Waals surface area contributed by atoms with Crippen molar-refractivity contribution in [3.05, 3.63) is 200 Å². The van der Waals surface area contributed by atoms with Crippen LogP contribution in [0.25, 0.3) is 87.6 Å². The molecule has 10 aromatic carbocycles. The van der Waals surface area contributed by atoms with Crippen LogP contribution in [0.3, 0.4) is 0 Å². The standard InChI is InChI=1S/C54H36O4/c1-57-43-30-28-35(29-31-43)34-20-24-40(25-21-34)54(56)58-53-49-42(27-23-39-17-9-11-19-45(39)49)33-47(37-14-6-3-7-15-37)51(53)50-46(36-12-4-2-5-13-36)32-41-26-22-38-16-8-10-18-44(38)48(41)52(50)55/h2-33,55H,1H3. The quantitative estimate of drug-likeness (QED) is 0.100. The second-order valence-corrected chi connectivity index (χ2v) is 14.5. The van der Waals surface area contributed by atoms with E-state index in [9.17, 15) is 9.90 Å². The molecule has 0 spiro atoms. The molecule has 276 valence electrons. The van der Waals surface area contributed by atoms with E-state index in [1.54, 1.807) is 19.2 Å². The molecule has 4 nitrogen and oxygen atoms in total. The lowest BCUT2D eigenvalue weighted by Gasteiger charge is -2.23. The molecular formula is C54H36O4. The summed E-state index contributed by atoms with van der Waals surface area (Å²) in [5.74, 6) is 0.766. The lowest BCUT2D eigenvalue weighted by atomic mass is 9.83. The first-order valence-electron chi connectivity index (χ1n) is 19.3. The highest BCUT2D eigenvalue weighted by molar-refractivity contribution is 6.21. The molecule has 0 radical (unpaired) electrons. The maximum Gasteiger partial charge on any atom is 0.343 e.